The highest BCUT2D eigenvalue weighted by Crippen LogP contribution is 2.20. The smallest absolute Gasteiger partial charge is 0.227 e. The number of hydrogen-bond donors (Lipinski definition) is 2. The van der Waals surface area contributed by atoms with E-state index in [2.05, 4.69) is 15.5 Å². The van der Waals surface area contributed by atoms with Gasteiger partial charge in [0.15, 0.2) is 0 Å². The molecule has 2 aromatic rings. The molecule has 1 amide bonds. The van der Waals surface area contributed by atoms with E-state index < -0.39 is 5.91 Å². The fraction of sp³-hybridized carbons (Fsp3) is 0.111. The number of carbonyl (C=O) groups excluding carboxylic acids is 1. The minimum absolute atomic E-state index is 0.0964. The molecule has 17 heavy (non-hydrogen) atoms. The number of tetrazole rings is 1. The quantitative estimate of drug-likeness (QED) is 0.737. The van der Waals surface area contributed by atoms with Crippen molar-refractivity contribution < 1.29 is 9.90 Å². The van der Waals surface area contributed by atoms with Crippen molar-refractivity contribution in [2.24, 2.45) is 5.73 Å². The third-order valence-corrected chi connectivity index (χ3v) is 2.80. The zero-order valence-electron chi connectivity index (χ0n) is 8.65. The lowest BCUT2D eigenvalue weighted by atomic mass is 10.3. The molecular weight excluding hydrogens is 242 g/mol. The third-order valence-electron chi connectivity index (χ3n) is 1.86. The van der Waals surface area contributed by atoms with Crippen LogP contribution in [0.4, 0.5) is 0 Å². The van der Waals surface area contributed by atoms with Gasteiger partial charge in [-0.2, -0.15) is 4.68 Å². The minimum atomic E-state index is -0.444. The molecule has 0 aliphatic carbocycles. The SMILES string of the molecule is NC(=O)CSc1nnnn1-c1cccc(O)c1. The number of benzene rings is 1. The van der Waals surface area contributed by atoms with Gasteiger partial charge < -0.3 is 10.8 Å². The first kappa shape index (κ1) is 11.4. The van der Waals surface area contributed by atoms with Crippen LogP contribution in [0.3, 0.4) is 0 Å². The Bertz CT molecular complexity index is 542. The molecule has 0 bridgehead atoms. The molecule has 0 radical (unpaired) electrons. The summed E-state index contributed by atoms with van der Waals surface area (Å²) in [4.78, 5) is 10.7. The highest BCUT2D eigenvalue weighted by Gasteiger charge is 2.10. The number of aromatic hydroxyl groups is 1. The Morgan fingerprint density at radius 3 is 3.06 bits per heavy atom. The number of nitrogens with two attached hydrogens (primary N) is 1. The van der Waals surface area contributed by atoms with Gasteiger partial charge >= 0.3 is 0 Å². The summed E-state index contributed by atoms with van der Waals surface area (Å²) in [5.74, 6) is -0.233. The monoisotopic (exact) mass is 251 g/mol. The zero-order valence-corrected chi connectivity index (χ0v) is 9.46. The van der Waals surface area contributed by atoms with Gasteiger partial charge in [-0.25, -0.2) is 0 Å². The predicted molar refractivity (Wildman–Crippen MR) is 60.7 cm³/mol. The summed E-state index contributed by atoms with van der Waals surface area (Å²) in [6.45, 7) is 0. The summed E-state index contributed by atoms with van der Waals surface area (Å²) >= 11 is 1.13. The molecule has 1 aromatic heterocycles. The standard InChI is InChI=1S/C9H9N5O2S/c10-8(16)5-17-9-11-12-13-14(9)6-2-1-3-7(15)4-6/h1-4,15H,5H2,(H2,10,16). The molecule has 2 rings (SSSR count). The predicted octanol–water partition coefficient (Wildman–Crippen LogP) is -0.0547. The van der Waals surface area contributed by atoms with Gasteiger partial charge in [0, 0.05) is 6.07 Å². The molecule has 7 nitrogen and oxygen atoms in total. The summed E-state index contributed by atoms with van der Waals surface area (Å²) in [6.07, 6.45) is 0. The Morgan fingerprint density at radius 1 is 1.53 bits per heavy atom. The van der Waals surface area contributed by atoms with E-state index in [9.17, 15) is 9.90 Å². The van der Waals surface area contributed by atoms with Crippen LogP contribution < -0.4 is 5.73 Å². The number of rotatable bonds is 4. The number of carbonyl (C=O) groups is 1. The lowest BCUT2D eigenvalue weighted by Crippen LogP contribution is -2.13. The first-order valence-corrected chi connectivity index (χ1v) is 5.64. The minimum Gasteiger partial charge on any atom is -0.508 e. The van der Waals surface area contributed by atoms with Crippen LogP contribution in [0.1, 0.15) is 0 Å². The van der Waals surface area contributed by atoms with Crippen LogP contribution in [0.25, 0.3) is 5.69 Å². The zero-order chi connectivity index (χ0) is 12.3. The van der Waals surface area contributed by atoms with E-state index in [1.54, 1.807) is 18.2 Å². The van der Waals surface area contributed by atoms with Gasteiger partial charge in [-0.05, 0) is 22.6 Å². The number of phenolic OH excluding ortho intramolecular Hbond substituents is 1. The Kier molecular flexibility index (Phi) is 3.24. The number of aromatic nitrogens is 4. The summed E-state index contributed by atoms with van der Waals surface area (Å²) in [5.41, 5.74) is 5.66. The first-order chi connectivity index (χ1) is 8.16. The maximum atomic E-state index is 10.7. The summed E-state index contributed by atoms with van der Waals surface area (Å²) in [7, 11) is 0. The molecule has 0 saturated carbocycles. The fourth-order valence-electron chi connectivity index (χ4n) is 1.19. The summed E-state index contributed by atoms with van der Waals surface area (Å²) in [6, 6.07) is 6.48. The molecule has 0 saturated heterocycles. The highest BCUT2D eigenvalue weighted by molar-refractivity contribution is 7.99. The van der Waals surface area contributed by atoms with Gasteiger partial charge in [-0.15, -0.1) is 5.10 Å². The van der Waals surface area contributed by atoms with Gasteiger partial charge in [-0.1, -0.05) is 17.8 Å². The van der Waals surface area contributed by atoms with Crippen LogP contribution in [0.15, 0.2) is 29.4 Å². The maximum absolute atomic E-state index is 10.7. The molecule has 1 aromatic carbocycles. The van der Waals surface area contributed by atoms with Gasteiger partial charge in [-0.3, -0.25) is 4.79 Å². The van der Waals surface area contributed by atoms with Gasteiger partial charge in [0.05, 0.1) is 11.4 Å². The van der Waals surface area contributed by atoms with Crippen LogP contribution in [0.5, 0.6) is 5.75 Å². The molecule has 0 atom stereocenters. The van der Waals surface area contributed by atoms with Gasteiger partial charge in [0.1, 0.15) is 5.75 Å². The fourth-order valence-corrected chi connectivity index (χ4v) is 1.82. The number of primary amides is 1. The van der Waals surface area contributed by atoms with Crippen molar-refractivity contribution in [2.45, 2.75) is 5.16 Å². The van der Waals surface area contributed by atoms with E-state index in [1.165, 1.54) is 10.7 Å². The second-order valence-corrected chi connectivity index (χ2v) is 4.09. The molecule has 1 heterocycles. The van der Waals surface area contributed by atoms with E-state index in [1.807, 2.05) is 0 Å². The number of nitrogens with zero attached hydrogens (tertiary/aromatic N) is 4. The van der Waals surface area contributed by atoms with E-state index in [4.69, 9.17) is 5.73 Å². The van der Waals surface area contributed by atoms with Crippen molar-refractivity contribution in [1.29, 1.82) is 0 Å². The second-order valence-electron chi connectivity index (χ2n) is 3.15. The first-order valence-electron chi connectivity index (χ1n) is 4.65. The molecule has 0 fully saturated rings. The Balaban J connectivity index is 2.27. The van der Waals surface area contributed by atoms with Crippen molar-refractivity contribution in [3.63, 3.8) is 0 Å². The van der Waals surface area contributed by atoms with E-state index in [-0.39, 0.29) is 11.5 Å². The molecular formula is C9H9N5O2S. The Morgan fingerprint density at radius 2 is 2.35 bits per heavy atom. The van der Waals surface area contributed by atoms with Crippen LogP contribution in [0, 0.1) is 0 Å². The van der Waals surface area contributed by atoms with Crippen LogP contribution in [0.2, 0.25) is 0 Å². The van der Waals surface area contributed by atoms with E-state index in [0.29, 0.717) is 10.8 Å². The van der Waals surface area contributed by atoms with Gasteiger partial charge in [0.2, 0.25) is 11.1 Å². The normalized spacial score (nSPS) is 10.4. The van der Waals surface area contributed by atoms with E-state index >= 15 is 0 Å². The number of amides is 1. The van der Waals surface area contributed by atoms with Crippen molar-refractivity contribution in [3.05, 3.63) is 24.3 Å². The van der Waals surface area contributed by atoms with Crippen molar-refractivity contribution in [1.82, 2.24) is 20.2 Å². The van der Waals surface area contributed by atoms with Crippen LogP contribution >= 0.6 is 11.8 Å². The van der Waals surface area contributed by atoms with Crippen LogP contribution in [-0.4, -0.2) is 37.0 Å². The largest absolute Gasteiger partial charge is 0.508 e. The molecule has 0 spiro atoms. The molecule has 88 valence electrons. The average Bonchev–Trinajstić information content (AvgIpc) is 2.74. The van der Waals surface area contributed by atoms with Gasteiger partial charge in [0.25, 0.3) is 0 Å². The molecule has 0 aliphatic heterocycles. The number of thioether (sulfide) groups is 1. The Labute approximate surface area is 101 Å². The molecule has 0 unspecified atom stereocenters. The lowest BCUT2D eigenvalue weighted by molar-refractivity contribution is -0.115. The molecule has 8 heteroatoms. The average molecular weight is 251 g/mol. The summed E-state index contributed by atoms with van der Waals surface area (Å²) < 4.78 is 1.42. The lowest BCUT2D eigenvalue weighted by Gasteiger charge is -2.03. The third kappa shape index (κ3) is 2.72. The Hall–Kier alpha value is -2.09. The second kappa shape index (κ2) is 4.83. The number of phenols is 1. The molecule has 0 aliphatic rings. The topological polar surface area (TPSA) is 107 Å². The van der Waals surface area contributed by atoms with E-state index in [0.717, 1.165) is 11.8 Å². The van der Waals surface area contributed by atoms with Crippen molar-refractivity contribution >= 4 is 17.7 Å². The van der Waals surface area contributed by atoms with Crippen molar-refractivity contribution in [2.75, 3.05) is 5.75 Å². The summed E-state index contributed by atoms with van der Waals surface area (Å²) in [5, 5.41) is 20.9. The highest BCUT2D eigenvalue weighted by atomic mass is 32.2. The van der Waals surface area contributed by atoms with Crippen LogP contribution in [-0.2, 0) is 4.79 Å². The maximum Gasteiger partial charge on any atom is 0.227 e. The molecule has 3 N–H and O–H groups in total. The number of hydrogen-bond acceptors (Lipinski definition) is 6. The van der Waals surface area contributed by atoms with Crippen molar-refractivity contribution in [3.8, 4) is 11.4 Å².